The number of hydrogen-bond acceptors (Lipinski definition) is 3. The standard InChI is InChI=1S/C33H34N4O2/c1-2-17-35-33(39)31(20-28-21-34-22-36-28)37-32(38)27(18-25-13-7-11-23-9-3-5-15-29(23)25)19-26-14-8-12-24-10-4-6-16-30(24)26/h3-16,21-22,27,31H,2,17-20H2,1H3,(H,34,36)(H,35,39)(H,37,38)/t31-/m0/s1. The molecule has 0 aliphatic rings. The van der Waals surface area contributed by atoms with Gasteiger partial charge in [0.25, 0.3) is 0 Å². The smallest absolute Gasteiger partial charge is 0.242 e. The van der Waals surface area contributed by atoms with Crippen molar-refractivity contribution in [3.8, 4) is 0 Å². The van der Waals surface area contributed by atoms with Crippen molar-refractivity contribution in [3.63, 3.8) is 0 Å². The molecule has 0 radical (unpaired) electrons. The molecule has 4 aromatic carbocycles. The van der Waals surface area contributed by atoms with Gasteiger partial charge in [-0.2, -0.15) is 0 Å². The maximum atomic E-state index is 14.0. The van der Waals surface area contributed by atoms with Gasteiger partial charge in [-0.3, -0.25) is 9.59 Å². The highest BCUT2D eigenvalue weighted by Crippen LogP contribution is 2.26. The lowest BCUT2D eigenvalue weighted by Gasteiger charge is -2.23. The van der Waals surface area contributed by atoms with E-state index in [1.165, 1.54) is 0 Å². The highest BCUT2D eigenvalue weighted by Gasteiger charge is 2.27. The minimum atomic E-state index is -0.713. The predicted octanol–water partition coefficient (Wildman–Crippen LogP) is 5.37. The predicted molar refractivity (Wildman–Crippen MR) is 156 cm³/mol. The Bertz CT molecular complexity index is 1470. The number of fused-ring (bicyclic) bond motifs is 2. The number of amides is 2. The Balaban J connectivity index is 1.47. The van der Waals surface area contributed by atoms with Gasteiger partial charge in [0.15, 0.2) is 0 Å². The molecule has 39 heavy (non-hydrogen) atoms. The van der Waals surface area contributed by atoms with Gasteiger partial charge in [-0.25, -0.2) is 4.98 Å². The van der Waals surface area contributed by atoms with Crippen LogP contribution in [0.4, 0.5) is 0 Å². The van der Waals surface area contributed by atoms with Crippen molar-refractivity contribution in [2.45, 2.75) is 38.6 Å². The van der Waals surface area contributed by atoms with E-state index >= 15 is 0 Å². The molecule has 0 aliphatic heterocycles. The zero-order valence-electron chi connectivity index (χ0n) is 22.2. The first-order chi connectivity index (χ1) is 19.1. The second-order valence-electron chi connectivity index (χ2n) is 10.00. The summed E-state index contributed by atoms with van der Waals surface area (Å²) in [5.74, 6) is -0.701. The summed E-state index contributed by atoms with van der Waals surface area (Å²) < 4.78 is 0. The third-order valence-corrected chi connectivity index (χ3v) is 7.21. The number of nitrogens with one attached hydrogen (secondary N) is 3. The molecule has 198 valence electrons. The molecule has 5 rings (SSSR count). The summed E-state index contributed by atoms with van der Waals surface area (Å²) in [5.41, 5.74) is 2.96. The van der Waals surface area contributed by atoms with Crippen LogP contribution in [0.25, 0.3) is 21.5 Å². The quantitative estimate of drug-likeness (QED) is 0.220. The Morgan fingerprint density at radius 1 is 0.769 bits per heavy atom. The Labute approximate surface area is 228 Å². The number of benzene rings is 4. The lowest BCUT2D eigenvalue weighted by Crippen LogP contribution is -2.50. The fourth-order valence-corrected chi connectivity index (χ4v) is 5.21. The average molecular weight is 519 g/mol. The third kappa shape index (κ3) is 6.34. The van der Waals surface area contributed by atoms with Crippen molar-refractivity contribution in [1.82, 2.24) is 20.6 Å². The van der Waals surface area contributed by atoms with Crippen molar-refractivity contribution in [2.24, 2.45) is 5.92 Å². The van der Waals surface area contributed by atoms with Gasteiger partial charge >= 0.3 is 0 Å². The minimum absolute atomic E-state index is 0.136. The van der Waals surface area contributed by atoms with Crippen LogP contribution in [0.1, 0.15) is 30.2 Å². The van der Waals surface area contributed by atoms with E-state index in [1.54, 1.807) is 12.5 Å². The number of rotatable bonds is 11. The number of aromatic nitrogens is 2. The van der Waals surface area contributed by atoms with Crippen molar-refractivity contribution < 1.29 is 9.59 Å². The SMILES string of the molecule is CCCNC(=O)[C@H](Cc1c[nH]cn1)NC(=O)C(Cc1cccc2ccccc12)Cc1cccc2ccccc12. The normalized spacial score (nSPS) is 12.1. The molecule has 1 heterocycles. The molecule has 0 spiro atoms. The van der Waals surface area contributed by atoms with Crippen LogP contribution in [-0.2, 0) is 28.9 Å². The largest absolute Gasteiger partial charge is 0.354 e. The number of hydrogen-bond donors (Lipinski definition) is 3. The highest BCUT2D eigenvalue weighted by atomic mass is 16.2. The van der Waals surface area contributed by atoms with E-state index in [1.807, 2.05) is 43.3 Å². The molecular formula is C33H34N4O2. The Kier molecular flexibility index (Phi) is 8.32. The van der Waals surface area contributed by atoms with E-state index in [2.05, 4.69) is 69.1 Å². The number of imidazole rings is 1. The average Bonchev–Trinajstić information content (AvgIpc) is 3.48. The fourth-order valence-electron chi connectivity index (χ4n) is 5.21. The first kappa shape index (κ1) is 26.2. The molecule has 1 atom stereocenters. The van der Waals surface area contributed by atoms with Gasteiger partial charge < -0.3 is 15.6 Å². The van der Waals surface area contributed by atoms with Gasteiger partial charge in [-0.15, -0.1) is 0 Å². The zero-order valence-corrected chi connectivity index (χ0v) is 22.2. The summed E-state index contributed by atoms with van der Waals surface area (Å²) in [4.78, 5) is 34.3. The van der Waals surface area contributed by atoms with Crippen LogP contribution >= 0.6 is 0 Å². The van der Waals surface area contributed by atoms with Crippen LogP contribution in [0, 0.1) is 5.92 Å². The molecule has 0 fully saturated rings. The lowest BCUT2D eigenvalue weighted by molar-refractivity contribution is -0.131. The number of carbonyl (C=O) groups is 2. The van der Waals surface area contributed by atoms with Crippen LogP contribution < -0.4 is 10.6 Å². The van der Waals surface area contributed by atoms with Gasteiger partial charge in [-0.05, 0) is 51.9 Å². The summed E-state index contributed by atoms with van der Waals surface area (Å²) in [6, 6.07) is 28.3. The minimum Gasteiger partial charge on any atom is -0.354 e. The van der Waals surface area contributed by atoms with E-state index in [0.29, 0.717) is 25.8 Å². The molecule has 6 nitrogen and oxygen atoms in total. The molecular weight excluding hydrogens is 484 g/mol. The maximum Gasteiger partial charge on any atom is 0.242 e. The van der Waals surface area contributed by atoms with Crippen LogP contribution in [0.5, 0.6) is 0 Å². The Morgan fingerprint density at radius 3 is 1.92 bits per heavy atom. The van der Waals surface area contributed by atoms with E-state index in [9.17, 15) is 9.59 Å². The van der Waals surface area contributed by atoms with Gasteiger partial charge in [-0.1, -0.05) is 91.9 Å². The topological polar surface area (TPSA) is 86.9 Å². The fraction of sp³-hybridized carbons (Fsp3) is 0.242. The van der Waals surface area contributed by atoms with Crippen LogP contribution in [-0.4, -0.2) is 34.4 Å². The van der Waals surface area contributed by atoms with E-state index in [0.717, 1.165) is 44.8 Å². The second kappa shape index (κ2) is 12.4. The van der Waals surface area contributed by atoms with Gasteiger partial charge in [0.05, 0.1) is 12.0 Å². The van der Waals surface area contributed by atoms with Crippen molar-refractivity contribution in [3.05, 3.63) is 114 Å². The van der Waals surface area contributed by atoms with Gasteiger partial charge in [0.1, 0.15) is 6.04 Å². The number of H-pyrrole nitrogens is 1. The van der Waals surface area contributed by atoms with Crippen molar-refractivity contribution in [2.75, 3.05) is 6.54 Å². The summed E-state index contributed by atoms with van der Waals surface area (Å²) in [6.07, 6.45) is 5.60. The van der Waals surface area contributed by atoms with E-state index in [4.69, 9.17) is 0 Å². The van der Waals surface area contributed by atoms with Crippen molar-refractivity contribution in [1.29, 1.82) is 0 Å². The number of aromatic amines is 1. The molecule has 2 amide bonds. The summed E-state index contributed by atoms with van der Waals surface area (Å²) in [7, 11) is 0. The molecule has 1 aromatic heterocycles. The third-order valence-electron chi connectivity index (χ3n) is 7.21. The number of nitrogens with zero attached hydrogens (tertiary/aromatic N) is 1. The Hall–Kier alpha value is -4.45. The summed E-state index contributed by atoms with van der Waals surface area (Å²) >= 11 is 0. The van der Waals surface area contributed by atoms with Crippen LogP contribution in [0.15, 0.2) is 97.5 Å². The summed E-state index contributed by atoms with van der Waals surface area (Å²) in [6.45, 7) is 2.56. The lowest BCUT2D eigenvalue weighted by atomic mass is 9.87. The van der Waals surface area contributed by atoms with E-state index < -0.39 is 6.04 Å². The summed E-state index contributed by atoms with van der Waals surface area (Å²) in [5, 5.41) is 10.6. The maximum absolute atomic E-state index is 14.0. The number of carbonyl (C=O) groups excluding carboxylic acids is 2. The van der Waals surface area contributed by atoms with Gasteiger partial charge in [0.2, 0.25) is 11.8 Å². The van der Waals surface area contributed by atoms with Crippen LogP contribution in [0.2, 0.25) is 0 Å². The first-order valence-electron chi connectivity index (χ1n) is 13.6. The van der Waals surface area contributed by atoms with Gasteiger partial charge in [0, 0.05) is 25.1 Å². The van der Waals surface area contributed by atoms with Crippen LogP contribution in [0.3, 0.4) is 0 Å². The molecule has 0 saturated carbocycles. The Morgan fingerprint density at radius 2 is 1.36 bits per heavy atom. The first-order valence-corrected chi connectivity index (χ1v) is 13.6. The second-order valence-corrected chi connectivity index (χ2v) is 10.00. The van der Waals surface area contributed by atoms with Crippen molar-refractivity contribution >= 4 is 33.4 Å². The highest BCUT2D eigenvalue weighted by molar-refractivity contribution is 5.91. The monoisotopic (exact) mass is 518 g/mol. The molecule has 0 bridgehead atoms. The molecule has 5 aromatic rings. The molecule has 6 heteroatoms. The molecule has 0 saturated heterocycles. The van der Waals surface area contributed by atoms with E-state index in [-0.39, 0.29) is 17.7 Å². The zero-order chi connectivity index (χ0) is 27.0. The molecule has 0 aliphatic carbocycles. The molecule has 3 N–H and O–H groups in total. The molecule has 0 unspecified atom stereocenters.